The van der Waals surface area contributed by atoms with Crippen LogP contribution < -0.4 is 10.1 Å². The number of rotatable bonds is 2. The number of hydrogen-bond donors (Lipinski definition) is 1. The average Bonchev–Trinajstić information content (AvgIpc) is 2.48. The Labute approximate surface area is 83.7 Å². The molecule has 0 radical (unpaired) electrons. The van der Waals surface area contributed by atoms with Gasteiger partial charge in [0.05, 0.1) is 6.20 Å². The molecule has 1 aromatic rings. The van der Waals surface area contributed by atoms with E-state index in [1.807, 2.05) is 0 Å². The summed E-state index contributed by atoms with van der Waals surface area (Å²) in [4.78, 5) is 8.07. The molecule has 76 valence electrons. The molecular formula is C10H15N3O. The summed E-state index contributed by atoms with van der Waals surface area (Å²) in [6, 6.07) is 0. The van der Waals surface area contributed by atoms with Gasteiger partial charge in [0.15, 0.2) is 0 Å². The Kier molecular flexibility index (Phi) is 3.29. The second-order valence-electron chi connectivity index (χ2n) is 3.46. The SMILES string of the molecule is c1cnc(OC2CCCNCC2)cn1. The van der Waals surface area contributed by atoms with Crippen LogP contribution in [0.15, 0.2) is 18.6 Å². The zero-order valence-electron chi connectivity index (χ0n) is 8.15. The monoisotopic (exact) mass is 193 g/mol. The van der Waals surface area contributed by atoms with E-state index < -0.39 is 0 Å². The van der Waals surface area contributed by atoms with Crippen LogP contribution in [-0.2, 0) is 0 Å². The van der Waals surface area contributed by atoms with Gasteiger partial charge in [-0.15, -0.1) is 0 Å². The van der Waals surface area contributed by atoms with Crippen LogP contribution in [0.3, 0.4) is 0 Å². The highest BCUT2D eigenvalue weighted by atomic mass is 16.5. The van der Waals surface area contributed by atoms with Crippen molar-refractivity contribution >= 4 is 0 Å². The molecule has 1 aliphatic rings. The lowest BCUT2D eigenvalue weighted by Crippen LogP contribution is -2.19. The summed E-state index contributed by atoms with van der Waals surface area (Å²) < 4.78 is 5.72. The van der Waals surface area contributed by atoms with Crippen molar-refractivity contribution in [3.63, 3.8) is 0 Å². The van der Waals surface area contributed by atoms with Gasteiger partial charge in [-0.25, -0.2) is 4.98 Å². The Balaban J connectivity index is 1.90. The van der Waals surface area contributed by atoms with E-state index in [9.17, 15) is 0 Å². The van der Waals surface area contributed by atoms with Gasteiger partial charge < -0.3 is 10.1 Å². The molecule has 1 saturated heterocycles. The third kappa shape index (κ3) is 2.67. The normalized spacial score (nSPS) is 22.7. The number of nitrogens with zero attached hydrogens (tertiary/aromatic N) is 2. The third-order valence-corrected chi connectivity index (χ3v) is 2.35. The van der Waals surface area contributed by atoms with E-state index in [-0.39, 0.29) is 0 Å². The van der Waals surface area contributed by atoms with Crippen molar-refractivity contribution in [3.8, 4) is 5.88 Å². The molecule has 2 heterocycles. The largest absolute Gasteiger partial charge is 0.473 e. The minimum Gasteiger partial charge on any atom is -0.473 e. The van der Waals surface area contributed by atoms with Crippen molar-refractivity contribution in [2.24, 2.45) is 0 Å². The summed E-state index contributed by atoms with van der Waals surface area (Å²) in [7, 11) is 0. The Morgan fingerprint density at radius 1 is 1.29 bits per heavy atom. The molecule has 14 heavy (non-hydrogen) atoms. The van der Waals surface area contributed by atoms with Crippen LogP contribution in [0.1, 0.15) is 19.3 Å². The highest BCUT2D eigenvalue weighted by Crippen LogP contribution is 2.13. The van der Waals surface area contributed by atoms with Crippen LogP contribution >= 0.6 is 0 Å². The van der Waals surface area contributed by atoms with Crippen molar-refractivity contribution in [3.05, 3.63) is 18.6 Å². The van der Waals surface area contributed by atoms with E-state index in [1.54, 1.807) is 18.6 Å². The predicted octanol–water partition coefficient (Wildman–Crippen LogP) is 0.997. The van der Waals surface area contributed by atoms with Gasteiger partial charge in [0.1, 0.15) is 6.10 Å². The molecule has 1 fully saturated rings. The average molecular weight is 193 g/mol. The first-order chi connectivity index (χ1) is 6.95. The van der Waals surface area contributed by atoms with E-state index in [1.165, 1.54) is 6.42 Å². The maximum absolute atomic E-state index is 5.72. The van der Waals surface area contributed by atoms with Gasteiger partial charge in [0.2, 0.25) is 5.88 Å². The first-order valence-corrected chi connectivity index (χ1v) is 5.08. The molecule has 1 unspecified atom stereocenters. The number of aromatic nitrogens is 2. The van der Waals surface area contributed by atoms with Crippen molar-refractivity contribution in [2.45, 2.75) is 25.4 Å². The van der Waals surface area contributed by atoms with Gasteiger partial charge in [-0.2, -0.15) is 0 Å². The Morgan fingerprint density at radius 3 is 3.14 bits per heavy atom. The number of nitrogens with one attached hydrogen (secondary N) is 1. The Hall–Kier alpha value is -1.16. The number of ether oxygens (including phenoxy) is 1. The lowest BCUT2D eigenvalue weighted by atomic mass is 10.2. The minimum atomic E-state index is 0.293. The van der Waals surface area contributed by atoms with E-state index in [0.717, 1.165) is 25.9 Å². The molecule has 0 spiro atoms. The fraction of sp³-hybridized carbons (Fsp3) is 0.600. The van der Waals surface area contributed by atoms with Crippen molar-refractivity contribution in [1.29, 1.82) is 0 Å². The van der Waals surface area contributed by atoms with Crippen LogP contribution in [0.4, 0.5) is 0 Å². The Morgan fingerprint density at radius 2 is 2.29 bits per heavy atom. The summed E-state index contributed by atoms with van der Waals surface area (Å²) in [5.74, 6) is 0.638. The molecule has 0 amide bonds. The lowest BCUT2D eigenvalue weighted by molar-refractivity contribution is 0.179. The summed E-state index contributed by atoms with van der Waals surface area (Å²) in [5, 5.41) is 3.35. The molecule has 1 aliphatic heterocycles. The van der Waals surface area contributed by atoms with Gasteiger partial charge in [-0.3, -0.25) is 4.98 Å². The molecule has 1 aromatic heterocycles. The fourth-order valence-corrected chi connectivity index (χ4v) is 1.62. The molecule has 0 bridgehead atoms. The first kappa shape index (κ1) is 9.40. The fourth-order valence-electron chi connectivity index (χ4n) is 1.62. The van der Waals surface area contributed by atoms with Gasteiger partial charge in [0.25, 0.3) is 0 Å². The molecule has 1 N–H and O–H groups in total. The van der Waals surface area contributed by atoms with Crippen LogP contribution in [0.2, 0.25) is 0 Å². The maximum Gasteiger partial charge on any atom is 0.232 e. The second-order valence-corrected chi connectivity index (χ2v) is 3.46. The summed E-state index contributed by atoms with van der Waals surface area (Å²) in [5.41, 5.74) is 0. The molecule has 1 atom stereocenters. The lowest BCUT2D eigenvalue weighted by Gasteiger charge is -2.14. The van der Waals surface area contributed by atoms with Gasteiger partial charge in [0, 0.05) is 12.4 Å². The predicted molar refractivity (Wildman–Crippen MR) is 53.2 cm³/mol. The van der Waals surface area contributed by atoms with E-state index in [4.69, 9.17) is 4.74 Å². The van der Waals surface area contributed by atoms with E-state index in [2.05, 4.69) is 15.3 Å². The zero-order chi connectivity index (χ0) is 9.64. The topological polar surface area (TPSA) is 47.0 Å². The first-order valence-electron chi connectivity index (χ1n) is 5.08. The summed E-state index contributed by atoms with van der Waals surface area (Å²) in [6.45, 7) is 2.13. The highest BCUT2D eigenvalue weighted by Gasteiger charge is 2.13. The van der Waals surface area contributed by atoms with Crippen LogP contribution in [0.5, 0.6) is 5.88 Å². The van der Waals surface area contributed by atoms with Gasteiger partial charge in [-0.1, -0.05) is 0 Å². The molecule has 0 aliphatic carbocycles. The number of hydrogen-bond acceptors (Lipinski definition) is 4. The highest BCUT2D eigenvalue weighted by molar-refractivity contribution is 5.02. The summed E-state index contributed by atoms with van der Waals surface area (Å²) >= 11 is 0. The van der Waals surface area contributed by atoms with Gasteiger partial charge >= 0.3 is 0 Å². The molecular weight excluding hydrogens is 178 g/mol. The van der Waals surface area contributed by atoms with E-state index in [0.29, 0.717) is 12.0 Å². The third-order valence-electron chi connectivity index (χ3n) is 2.35. The standard InChI is InChI=1S/C10H15N3O/c1-2-9(3-5-11-4-1)14-10-8-12-6-7-13-10/h6-9,11H,1-5H2. The van der Waals surface area contributed by atoms with Crippen molar-refractivity contribution < 1.29 is 4.74 Å². The maximum atomic E-state index is 5.72. The minimum absolute atomic E-state index is 0.293. The molecule has 0 aromatic carbocycles. The van der Waals surface area contributed by atoms with Crippen molar-refractivity contribution in [2.75, 3.05) is 13.1 Å². The second kappa shape index (κ2) is 4.91. The quantitative estimate of drug-likeness (QED) is 0.761. The van der Waals surface area contributed by atoms with E-state index >= 15 is 0 Å². The molecule has 2 rings (SSSR count). The Bertz CT molecular complexity index is 257. The molecule has 4 nitrogen and oxygen atoms in total. The molecule has 0 saturated carbocycles. The van der Waals surface area contributed by atoms with Crippen LogP contribution in [0, 0.1) is 0 Å². The zero-order valence-corrected chi connectivity index (χ0v) is 8.15. The smallest absolute Gasteiger partial charge is 0.232 e. The van der Waals surface area contributed by atoms with Crippen LogP contribution in [0.25, 0.3) is 0 Å². The van der Waals surface area contributed by atoms with Crippen LogP contribution in [-0.4, -0.2) is 29.2 Å². The van der Waals surface area contributed by atoms with Gasteiger partial charge in [-0.05, 0) is 32.4 Å². The molecule has 4 heteroatoms. The van der Waals surface area contributed by atoms with Crippen molar-refractivity contribution in [1.82, 2.24) is 15.3 Å². The summed E-state index contributed by atoms with van der Waals surface area (Å²) in [6.07, 6.45) is 8.59.